The van der Waals surface area contributed by atoms with Gasteiger partial charge in [0.2, 0.25) is 23.6 Å². The first-order valence-corrected chi connectivity index (χ1v) is 43.6. The minimum atomic E-state index is -1.07. The molecular formula is C89H148N6O27. The Labute approximate surface area is 724 Å². The number of ketones is 5. The number of methoxy groups -OCH3 is 1. The summed E-state index contributed by atoms with van der Waals surface area (Å²) in [5.41, 5.74) is 1.10. The van der Waals surface area contributed by atoms with Crippen LogP contribution in [-0.4, -0.2) is 262 Å². The zero-order valence-electron chi connectivity index (χ0n) is 73.0. The summed E-state index contributed by atoms with van der Waals surface area (Å²) in [6.45, 7) is 13.2. The first kappa shape index (κ1) is 111. The molecule has 4 atom stereocenters. The van der Waals surface area contributed by atoms with E-state index in [1.165, 1.54) is 31.2 Å². The average Bonchev–Trinajstić information content (AvgIpc) is 0.906. The first-order valence-electron chi connectivity index (χ1n) is 43.6. The van der Waals surface area contributed by atoms with E-state index in [4.69, 9.17) is 57.6 Å². The molecule has 0 saturated carbocycles. The largest absolute Gasteiger partial charge is 0.494 e. The Morgan fingerprint density at radius 2 is 0.803 bits per heavy atom. The number of ether oxygens (including phenoxy) is 10. The SMILES string of the molecule is C=C(CCCCCCCCCOc1ccc(C(=O)O)cc1)N[C@@H](CCC(=O)CCCOCCOCC(=O)NCCOCCOCC(=O)NCCCC[C@H](NC)C(=O)C[C@@H](CCCCNC(=O)COCCC)C(C)=O)C(=O)O.COCCCC(=O)COCCOCCNC(=O)CC[C@H](CC(=O)CCCCCCCCCOc1ccc(C(=O)O)cc1)C(=O)O.[HH].[HH]. The Morgan fingerprint density at radius 1 is 0.369 bits per heavy atom. The van der Waals surface area contributed by atoms with Gasteiger partial charge in [-0.3, -0.25) is 47.9 Å². The van der Waals surface area contributed by atoms with Crippen LogP contribution in [0.4, 0.5) is 0 Å². The second-order valence-electron chi connectivity index (χ2n) is 29.8. The van der Waals surface area contributed by atoms with Gasteiger partial charge in [0.05, 0.1) is 89.2 Å². The lowest BCUT2D eigenvalue weighted by Gasteiger charge is -2.19. The second-order valence-corrected chi connectivity index (χ2v) is 29.8. The van der Waals surface area contributed by atoms with E-state index in [9.17, 15) is 72.5 Å². The summed E-state index contributed by atoms with van der Waals surface area (Å²) in [5, 5.41) is 54.1. The van der Waals surface area contributed by atoms with E-state index >= 15 is 0 Å². The third-order valence-electron chi connectivity index (χ3n) is 19.3. The monoisotopic (exact) mass is 1730 g/mol. The van der Waals surface area contributed by atoms with Crippen molar-refractivity contribution in [3.63, 3.8) is 0 Å². The quantitative estimate of drug-likeness (QED) is 0.0275. The number of aliphatic carboxylic acids is 2. The lowest BCUT2D eigenvalue weighted by Crippen LogP contribution is -2.36. The number of aromatic carboxylic acids is 2. The lowest BCUT2D eigenvalue weighted by atomic mass is 9.89. The maximum Gasteiger partial charge on any atom is 0.335 e. The van der Waals surface area contributed by atoms with Crippen LogP contribution in [0.25, 0.3) is 0 Å². The molecule has 0 heterocycles. The van der Waals surface area contributed by atoms with Crippen LogP contribution in [0.3, 0.4) is 0 Å². The number of unbranched alkanes of at least 4 members (excludes halogenated alkanes) is 14. The van der Waals surface area contributed by atoms with Gasteiger partial charge >= 0.3 is 23.9 Å². The van der Waals surface area contributed by atoms with Crippen LogP contribution in [0.2, 0.25) is 0 Å². The zero-order chi connectivity index (χ0) is 89.9. The van der Waals surface area contributed by atoms with Crippen molar-refractivity contribution in [3.05, 3.63) is 71.9 Å². The standard InChI is InChI=1S/C56H93N5O16.C33H51NO11.2H2/c1-5-31-74-40-52(65)58-28-14-12-19-46(44(3)62)39-51(64)49(57-4)21-13-15-29-59-53(66)41-76-38-36-73-34-30-60-54(67)42-75-37-35-72-32-17-20-47(63)24-27-50(56(70)71)61-43(2)18-11-9-7-6-8-10-16-33-77-48-25-22-45(23-26-48)55(68)69;1-42-19-9-11-29(36)25-44-23-22-43-21-18-34-31(37)17-14-27(33(40)41)24-28(35)10-7-5-3-2-4-6-8-20-45-30-15-12-26(13-16-30)32(38)39;;/h22-23,25-26,46,49-50,57,61H,2,5-21,24,27-42H2,1,3-4H3,(H,58,65)(H,59,66)(H,60,67)(H,68,69)(H,70,71);12-13,15-16,27H,2-11,14,17-25H2,1H3,(H,34,37)(H,38,39)(H,40,41);2*1H/t46-,49+,50+;27-;;/m11../s1. The van der Waals surface area contributed by atoms with Crippen LogP contribution < -0.4 is 41.4 Å². The molecule has 0 saturated heterocycles. The van der Waals surface area contributed by atoms with Gasteiger partial charge in [0.15, 0.2) is 5.78 Å². The molecule has 33 heteroatoms. The van der Waals surface area contributed by atoms with Gasteiger partial charge in [-0.25, -0.2) is 14.4 Å². The van der Waals surface area contributed by atoms with E-state index in [-0.39, 0.29) is 216 Å². The van der Waals surface area contributed by atoms with Gasteiger partial charge in [0, 0.05) is 113 Å². The van der Waals surface area contributed by atoms with Crippen molar-refractivity contribution >= 4 is 76.4 Å². The number of carboxylic acid groups (broad SMARTS) is 4. The number of hydrogen-bond donors (Lipinski definition) is 10. The summed E-state index contributed by atoms with van der Waals surface area (Å²) in [7, 11) is 3.31. The summed E-state index contributed by atoms with van der Waals surface area (Å²) in [6, 6.07) is 11.4. The van der Waals surface area contributed by atoms with Crippen molar-refractivity contribution in [2.75, 3.05) is 153 Å². The maximum atomic E-state index is 13.0. The highest BCUT2D eigenvalue weighted by atomic mass is 16.5. The van der Waals surface area contributed by atoms with Gasteiger partial charge < -0.3 is 99.7 Å². The molecule has 2 aromatic carbocycles. The van der Waals surface area contributed by atoms with E-state index in [1.54, 1.807) is 38.4 Å². The molecule has 0 fully saturated rings. The number of likely N-dealkylation sites (N-methyl/N-ethyl adjacent to an activating group) is 1. The predicted octanol–water partition coefficient (Wildman–Crippen LogP) is 10.5. The van der Waals surface area contributed by atoms with Crippen molar-refractivity contribution in [2.45, 2.75) is 238 Å². The number of carbonyl (C=O) groups excluding carboxylic acids is 9. The number of carboxylic acids is 4. The van der Waals surface area contributed by atoms with Crippen molar-refractivity contribution in [1.82, 2.24) is 31.9 Å². The number of carbonyl (C=O) groups is 13. The molecule has 2 rings (SSSR count). The van der Waals surface area contributed by atoms with Crippen LogP contribution in [0, 0.1) is 11.8 Å². The maximum absolute atomic E-state index is 13.0. The van der Waals surface area contributed by atoms with Crippen LogP contribution in [-0.2, 0) is 90.6 Å². The van der Waals surface area contributed by atoms with Gasteiger partial charge in [-0.2, -0.15) is 0 Å². The summed E-state index contributed by atoms with van der Waals surface area (Å²) in [6.07, 6.45) is 21.8. The molecule has 0 aliphatic heterocycles. The molecule has 696 valence electrons. The highest BCUT2D eigenvalue weighted by molar-refractivity contribution is 5.90. The van der Waals surface area contributed by atoms with Crippen molar-refractivity contribution in [3.8, 4) is 11.5 Å². The molecule has 0 spiro atoms. The average molecular weight is 1730 g/mol. The van der Waals surface area contributed by atoms with Gasteiger partial charge in [-0.1, -0.05) is 84.1 Å². The Bertz CT molecular complexity index is 3250. The molecule has 4 amide bonds. The van der Waals surface area contributed by atoms with Crippen LogP contribution in [0.5, 0.6) is 11.5 Å². The Kier molecular flexibility index (Phi) is 69.4. The molecule has 33 nitrogen and oxygen atoms in total. The molecule has 122 heavy (non-hydrogen) atoms. The molecule has 0 aliphatic carbocycles. The normalized spacial score (nSPS) is 12.0. The summed E-state index contributed by atoms with van der Waals surface area (Å²) in [4.78, 5) is 155. The van der Waals surface area contributed by atoms with E-state index in [1.807, 2.05) is 6.92 Å². The second kappa shape index (κ2) is 76.0. The number of allylic oxidation sites excluding steroid dienone is 1. The fraction of sp³-hybridized carbons (Fsp3) is 0.697. The molecule has 0 radical (unpaired) electrons. The van der Waals surface area contributed by atoms with E-state index in [2.05, 4.69) is 38.5 Å². The lowest BCUT2D eigenvalue weighted by molar-refractivity contribution is -0.144. The highest BCUT2D eigenvalue weighted by Crippen LogP contribution is 2.21. The highest BCUT2D eigenvalue weighted by Gasteiger charge is 2.25. The molecule has 10 N–H and O–H groups in total. The minimum absolute atomic E-state index is 0. The van der Waals surface area contributed by atoms with Crippen LogP contribution in [0.1, 0.15) is 249 Å². The number of benzene rings is 2. The van der Waals surface area contributed by atoms with E-state index < -0.39 is 35.8 Å². The third-order valence-corrected chi connectivity index (χ3v) is 19.3. The van der Waals surface area contributed by atoms with Crippen LogP contribution in [0.15, 0.2) is 60.8 Å². The van der Waals surface area contributed by atoms with Gasteiger partial charge in [-0.15, -0.1) is 0 Å². The summed E-state index contributed by atoms with van der Waals surface area (Å²) < 4.78 is 53.7. The predicted molar refractivity (Wildman–Crippen MR) is 462 cm³/mol. The number of Topliss-reactive ketones (excluding diaryl/α,β-unsaturated/α-hetero) is 5. The van der Waals surface area contributed by atoms with Gasteiger partial charge in [0.1, 0.15) is 67.1 Å². The van der Waals surface area contributed by atoms with Crippen molar-refractivity contribution in [2.24, 2.45) is 11.8 Å². The number of hydrogen-bond acceptors (Lipinski definition) is 25. The van der Waals surface area contributed by atoms with E-state index in [0.29, 0.717) is 134 Å². The van der Waals surface area contributed by atoms with Crippen molar-refractivity contribution in [1.29, 1.82) is 0 Å². The summed E-state index contributed by atoms with van der Waals surface area (Å²) in [5.74, 6) is -5.18. The Balaban J connectivity index is 0. The zero-order valence-corrected chi connectivity index (χ0v) is 73.0. The fourth-order valence-corrected chi connectivity index (χ4v) is 12.3. The smallest absolute Gasteiger partial charge is 0.335 e. The Morgan fingerprint density at radius 3 is 1.29 bits per heavy atom. The number of rotatable bonds is 84. The molecule has 0 aromatic heterocycles. The topological polar surface area (TPSA) is 467 Å². The van der Waals surface area contributed by atoms with Crippen molar-refractivity contribution < 1.29 is 133 Å². The van der Waals surface area contributed by atoms with Gasteiger partial charge in [-0.05, 0) is 159 Å². The summed E-state index contributed by atoms with van der Waals surface area (Å²) >= 11 is 0. The minimum Gasteiger partial charge on any atom is -0.494 e. The van der Waals surface area contributed by atoms with Gasteiger partial charge in [0.25, 0.3) is 0 Å². The fourth-order valence-electron chi connectivity index (χ4n) is 12.3. The Hall–Kier alpha value is -8.67. The molecule has 0 unspecified atom stereocenters. The van der Waals surface area contributed by atoms with Crippen LogP contribution >= 0.6 is 0 Å². The number of amides is 4. The molecule has 0 aliphatic rings. The first-order chi connectivity index (χ1) is 58.9. The molecule has 0 bridgehead atoms. The van der Waals surface area contributed by atoms with E-state index in [0.717, 1.165) is 96.3 Å². The molecular weight excluding hydrogens is 1580 g/mol. The number of nitrogens with one attached hydrogen (secondary N) is 6. The third kappa shape index (κ3) is 65.1. The molecule has 2 aromatic rings.